The zero-order chi connectivity index (χ0) is 20.9. The second-order valence-corrected chi connectivity index (χ2v) is 7.33. The summed E-state index contributed by atoms with van der Waals surface area (Å²) in [5.41, 5.74) is -5.51. The van der Waals surface area contributed by atoms with Crippen LogP contribution >= 0.6 is 0 Å². The van der Waals surface area contributed by atoms with Crippen LogP contribution in [-0.4, -0.2) is 33.5 Å². The Labute approximate surface area is 159 Å². The number of anilines is 1. The molecule has 0 atom stereocenters. The number of methoxy groups -OCH3 is 1. The fourth-order valence-corrected chi connectivity index (χ4v) is 2.93. The van der Waals surface area contributed by atoms with Gasteiger partial charge in [-0.3, -0.25) is 4.79 Å². The standard InChI is InChI=1S/C18H16F3NO5S/c1-3-10-27-13-6-4-12(5-7-13)17(23)22-15-11-14(8-9-16(15)26-2)28(24,25)18(19,20)21/h3-9,11H,1,10H2,2H3,(H,22,23). The number of sulfone groups is 1. The fraction of sp³-hybridized carbons (Fsp3) is 0.167. The molecule has 6 nitrogen and oxygen atoms in total. The molecule has 1 N–H and O–H groups in total. The van der Waals surface area contributed by atoms with E-state index in [9.17, 15) is 26.4 Å². The Hall–Kier alpha value is -3.01. The number of ether oxygens (including phenoxy) is 2. The number of nitrogens with one attached hydrogen (secondary N) is 1. The lowest BCUT2D eigenvalue weighted by Gasteiger charge is -2.14. The number of carbonyl (C=O) groups excluding carboxylic acids is 1. The number of rotatable bonds is 7. The molecule has 2 aromatic carbocycles. The molecule has 0 heterocycles. The summed E-state index contributed by atoms with van der Waals surface area (Å²) in [6, 6.07) is 8.41. The molecule has 0 saturated heterocycles. The van der Waals surface area contributed by atoms with Gasteiger partial charge in [0.05, 0.1) is 17.7 Å². The van der Waals surface area contributed by atoms with Gasteiger partial charge in [0.15, 0.2) is 0 Å². The van der Waals surface area contributed by atoms with Crippen LogP contribution in [0.5, 0.6) is 11.5 Å². The van der Waals surface area contributed by atoms with Crippen LogP contribution in [0.3, 0.4) is 0 Å². The van der Waals surface area contributed by atoms with E-state index in [1.54, 1.807) is 6.08 Å². The zero-order valence-corrected chi connectivity index (χ0v) is 15.4. The maximum atomic E-state index is 12.8. The number of halogens is 3. The van der Waals surface area contributed by atoms with Crippen LogP contribution < -0.4 is 14.8 Å². The molecule has 0 radical (unpaired) electrons. The van der Waals surface area contributed by atoms with Gasteiger partial charge in [-0.1, -0.05) is 12.7 Å². The largest absolute Gasteiger partial charge is 0.501 e. The number of hydrogen-bond acceptors (Lipinski definition) is 5. The lowest BCUT2D eigenvalue weighted by atomic mass is 10.2. The lowest BCUT2D eigenvalue weighted by molar-refractivity contribution is -0.0436. The van der Waals surface area contributed by atoms with Crippen LogP contribution in [0.15, 0.2) is 60.0 Å². The highest BCUT2D eigenvalue weighted by Gasteiger charge is 2.47. The van der Waals surface area contributed by atoms with Crippen molar-refractivity contribution < 1.29 is 35.9 Å². The maximum absolute atomic E-state index is 12.8. The number of alkyl halides is 3. The van der Waals surface area contributed by atoms with E-state index in [-0.39, 0.29) is 23.6 Å². The van der Waals surface area contributed by atoms with E-state index in [0.29, 0.717) is 11.8 Å². The Bertz CT molecular complexity index is 970. The normalized spacial score (nSPS) is 11.6. The first-order valence-electron chi connectivity index (χ1n) is 7.74. The molecule has 0 unspecified atom stereocenters. The Kier molecular flexibility index (Phi) is 6.34. The number of hydrogen-bond donors (Lipinski definition) is 1. The molecule has 2 aromatic rings. The third-order valence-electron chi connectivity index (χ3n) is 3.52. The summed E-state index contributed by atoms with van der Waals surface area (Å²) >= 11 is 0. The Morgan fingerprint density at radius 3 is 2.36 bits per heavy atom. The van der Waals surface area contributed by atoms with Crippen LogP contribution in [0, 0.1) is 0 Å². The minimum absolute atomic E-state index is 0.000381. The zero-order valence-electron chi connectivity index (χ0n) is 14.6. The highest BCUT2D eigenvalue weighted by Crippen LogP contribution is 2.34. The summed E-state index contributed by atoms with van der Waals surface area (Å²) in [5.74, 6) is -0.178. The Balaban J connectivity index is 2.30. The van der Waals surface area contributed by atoms with Gasteiger partial charge in [-0.05, 0) is 42.5 Å². The second kappa shape index (κ2) is 8.34. The van der Waals surface area contributed by atoms with Gasteiger partial charge in [-0.15, -0.1) is 0 Å². The molecule has 0 fully saturated rings. The van der Waals surface area contributed by atoms with Crippen LogP contribution in [-0.2, 0) is 9.84 Å². The van der Waals surface area contributed by atoms with E-state index >= 15 is 0 Å². The highest BCUT2D eigenvalue weighted by atomic mass is 32.2. The van der Waals surface area contributed by atoms with Crippen LogP contribution in [0.25, 0.3) is 0 Å². The molecule has 0 aliphatic carbocycles. The van der Waals surface area contributed by atoms with E-state index in [2.05, 4.69) is 11.9 Å². The van der Waals surface area contributed by atoms with Gasteiger partial charge in [0.25, 0.3) is 15.7 Å². The van der Waals surface area contributed by atoms with Crippen molar-refractivity contribution in [1.82, 2.24) is 0 Å². The van der Waals surface area contributed by atoms with E-state index in [4.69, 9.17) is 9.47 Å². The van der Waals surface area contributed by atoms with Gasteiger partial charge >= 0.3 is 5.51 Å². The minimum atomic E-state index is -5.57. The molecule has 150 valence electrons. The summed E-state index contributed by atoms with van der Waals surface area (Å²) < 4.78 is 71.7. The third kappa shape index (κ3) is 4.63. The summed E-state index contributed by atoms with van der Waals surface area (Å²) in [4.78, 5) is 11.4. The minimum Gasteiger partial charge on any atom is -0.495 e. The molecule has 0 aromatic heterocycles. The first-order valence-corrected chi connectivity index (χ1v) is 9.23. The SMILES string of the molecule is C=CCOc1ccc(C(=O)Nc2cc(S(=O)(=O)C(F)(F)F)ccc2OC)cc1. The van der Waals surface area contributed by atoms with Gasteiger partial charge in [0, 0.05) is 5.56 Å². The van der Waals surface area contributed by atoms with Crippen molar-refractivity contribution in [1.29, 1.82) is 0 Å². The molecule has 0 aliphatic heterocycles. The summed E-state index contributed by atoms with van der Waals surface area (Å²) in [5, 5.41) is 2.35. The van der Waals surface area contributed by atoms with Gasteiger partial charge in [0.1, 0.15) is 18.1 Å². The van der Waals surface area contributed by atoms with Crippen molar-refractivity contribution in [2.75, 3.05) is 19.0 Å². The molecule has 10 heteroatoms. The van der Waals surface area contributed by atoms with E-state index in [1.807, 2.05) is 0 Å². The van der Waals surface area contributed by atoms with Crippen molar-refractivity contribution in [2.24, 2.45) is 0 Å². The molecule has 2 rings (SSSR count). The molecular weight excluding hydrogens is 399 g/mol. The van der Waals surface area contributed by atoms with E-state index in [0.717, 1.165) is 12.1 Å². The molecule has 0 spiro atoms. The lowest BCUT2D eigenvalue weighted by Crippen LogP contribution is -2.23. The molecule has 1 amide bonds. The fourth-order valence-electron chi connectivity index (χ4n) is 2.14. The van der Waals surface area contributed by atoms with Gasteiger partial charge < -0.3 is 14.8 Å². The van der Waals surface area contributed by atoms with Crippen molar-refractivity contribution >= 4 is 21.4 Å². The van der Waals surface area contributed by atoms with Gasteiger partial charge in [0.2, 0.25) is 0 Å². The molecular formula is C18H16F3NO5S. The molecule has 0 saturated carbocycles. The maximum Gasteiger partial charge on any atom is 0.501 e. The third-order valence-corrected chi connectivity index (χ3v) is 5.00. The van der Waals surface area contributed by atoms with Crippen LogP contribution in [0.2, 0.25) is 0 Å². The predicted molar refractivity (Wildman–Crippen MR) is 96.3 cm³/mol. The molecule has 0 aliphatic rings. The number of benzene rings is 2. The quantitative estimate of drug-likeness (QED) is 0.696. The van der Waals surface area contributed by atoms with Gasteiger partial charge in [-0.2, -0.15) is 13.2 Å². The van der Waals surface area contributed by atoms with Crippen molar-refractivity contribution in [3.8, 4) is 11.5 Å². The Morgan fingerprint density at radius 2 is 1.82 bits per heavy atom. The summed E-state index contributed by atoms with van der Waals surface area (Å²) in [6.07, 6.45) is 1.55. The average molecular weight is 415 g/mol. The van der Waals surface area contributed by atoms with E-state index < -0.39 is 26.1 Å². The average Bonchev–Trinajstić information content (AvgIpc) is 2.65. The predicted octanol–water partition coefficient (Wildman–Crippen LogP) is 3.81. The topological polar surface area (TPSA) is 81.7 Å². The monoisotopic (exact) mass is 415 g/mol. The smallest absolute Gasteiger partial charge is 0.495 e. The van der Waals surface area contributed by atoms with Crippen molar-refractivity contribution in [2.45, 2.75) is 10.4 Å². The first-order chi connectivity index (χ1) is 13.1. The molecule has 28 heavy (non-hydrogen) atoms. The number of amides is 1. The number of carbonyl (C=O) groups is 1. The molecule has 0 bridgehead atoms. The van der Waals surface area contributed by atoms with Crippen LogP contribution in [0.1, 0.15) is 10.4 Å². The highest BCUT2D eigenvalue weighted by molar-refractivity contribution is 7.92. The second-order valence-electron chi connectivity index (χ2n) is 5.39. The van der Waals surface area contributed by atoms with Crippen molar-refractivity contribution in [3.05, 3.63) is 60.7 Å². The van der Waals surface area contributed by atoms with Crippen molar-refractivity contribution in [3.63, 3.8) is 0 Å². The van der Waals surface area contributed by atoms with E-state index in [1.165, 1.54) is 31.4 Å². The Morgan fingerprint density at radius 1 is 1.18 bits per heavy atom. The summed E-state index contributed by atoms with van der Waals surface area (Å²) in [6.45, 7) is 3.79. The van der Waals surface area contributed by atoms with Gasteiger partial charge in [-0.25, -0.2) is 8.42 Å². The van der Waals surface area contributed by atoms with Crippen LogP contribution in [0.4, 0.5) is 18.9 Å². The first kappa shape index (κ1) is 21.3. The summed E-state index contributed by atoms with van der Waals surface area (Å²) in [7, 11) is -4.34.